The minimum atomic E-state index is 0.667. The van der Waals surface area contributed by atoms with Crippen LogP contribution in [0.1, 0.15) is 12.2 Å². The van der Waals surface area contributed by atoms with Crippen LogP contribution in [0.2, 0.25) is 0 Å². The summed E-state index contributed by atoms with van der Waals surface area (Å²) in [5, 5.41) is 0. The second-order valence-electron chi connectivity index (χ2n) is 2.74. The van der Waals surface area contributed by atoms with Crippen molar-refractivity contribution in [3.63, 3.8) is 0 Å². The highest BCUT2D eigenvalue weighted by Gasteiger charge is 1.94. The van der Waals surface area contributed by atoms with Crippen LogP contribution in [0.15, 0.2) is 12.4 Å². The van der Waals surface area contributed by atoms with E-state index in [1.165, 1.54) is 0 Å². The van der Waals surface area contributed by atoms with Crippen LogP contribution in [0.25, 0.3) is 0 Å². The SMILES string of the molecule is COCCOCCCc1ncc[nH]1. The number of H-pyrrole nitrogens is 1. The first-order valence-electron chi connectivity index (χ1n) is 4.48. The fourth-order valence-electron chi connectivity index (χ4n) is 1.02. The van der Waals surface area contributed by atoms with Crippen LogP contribution in [0.4, 0.5) is 0 Å². The Hall–Kier alpha value is -0.870. The van der Waals surface area contributed by atoms with Crippen molar-refractivity contribution in [2.24, 2.45) is 0 Å². The van der Waals surface area contributed by atoms with Crippen LogP contribution in [0.5, 0.6) is 0 Å². The minimum absolute atomic E-state index is 0.667. The molecule has 0 atom stereocenters. The monoisotopic (exact) mass is 184 g/mol. The first-order valence-corrected chi connectivity index (χ1v) is 4.48. The van der Waals surface area contributed by atoms with Gasteiger partial charge in [-0.3, -0.25) is 0 Å². The van der Waals surface area contributed by atoms with Crippen LogP contribution in [-0.4, -0.2) is 36.9 Å². The molecule has 0 unspecified atom stereocenters. The van der Waals surface area contributed by atoms with E-state index < -0.39 is 0 Å². The van der Waals surface area contributed by atoms with Crippen molar-refractivity contribution in [2.75, 3.05) is 26.9 Å². The summed E-state index contributed by atoms with van der Waals surface area (Å²) in [5.74, 6) is 1.02. The molecular formula is C9H16N2O2. The third-order valence-electron chi connectivity index (χ3n) is 1.69. The summed E-state index contributed by atoms with van der Waals surface area (Å²) in [6.45, 7) is 2.11. The normalized spacial score (nSPS) is 10.5. The summed E-state index contributed by atoms with van der Waals surface area (Å²) in [6, 6.07) is 0. The molecule has 0 spiro atoms. The first kappa shape index (κ1) is 10.2. The maximum atomic E-state index is 5.31. The van der Waals surface area contributed by atoms with Crippen molar-refractivity contribution in [1.82, 2.24) is 9.97 Å². The van der Waals surface area contributed by atoms with Gasteiger partial charge in [-0.2, -0.15) is 0 Å². The summed E-state index contributed by atoms with van der Waals surface area (Å²) in [4.78, 5) is 7.16. The molecule has 0 aliphatic heterocycles. The van der Waals surface area contributed by atoms with Gasteiger partial charge in [-0.15, -0.1) is 0 Å². The van der Waals surface area contributed by atoms with E-state index in [4.69, 9.17) is 9.47 Å². The van der Waals surface area contributed by atoms with E-state index in [1.54, 1.807) is 13.3 Å². The molecule has 0 radical (unpaired) electrons. The van der Waals surface area contributed by atoms with E-state index >= 15 is 0 Å². The lowest BCUT2D eigenvalue weighted by Gasteiger charge is -2.01. The zero-order valence-corrected chi connectivity index (χ0v) is 7.95. The fraction of sp³-hybridized carbons (Fsp3) is 0.667. The van der Waals surface area contributed by atoms with Crippen molar-refractivity contribution in [2.45, 2.75) is 12.8 Å². The van der Waals surface area contributed by atoms with Crippen LogP contribution in [-0.2, 0) is 15.9 Å². The molecule has 74 valence electrons. The average molecular weight is 184 g/mol. The molecule has 0 bridgehead atoms. The molecule has 13 heavy (non-hydrogen) atoms. The van der Waals surface area contributed by atoms with Crippen LogP contribution in [0.3, 0.4) is 0 Å². The number of nitrogens with zero attached hydrogens (tertiary/aromatic N) is 1. The molecule has 4 heteroatoms. The lowest BCUT2D eigenvalue weighted by Crippen LogP contribution is -2.04. The highest BCUT2D eigenvalue weighted by atomic mass is 16.5. The molecule has 0 saturated carbocycles. The summed E-state index contributed by atoms with van der Waals surface area (Å²) in [5.41, 5.74) is 0. The number of imidazole rings is 1. The largest absolute Gasteiger partial charge is 0.382 e. The number of hydrogen-bond donors (Lipinski definition) is 1. The Morgan fingerprint density at radius 3 is 3.00 bits per heavy atom. The van der Waals surface area contributed by atoms with Gasteiger partial charge in [-0.25, -0.2) is 4.98 Å². The molecule has 0 aliphatic carbocycles. The number of aromatic amines is 1. The number of nitrogens with one attached hydrogen (secondary N) is 1. The zero-order valence-electron chi connectivity index (χ0n) is 7.95. The molecule has 1 N–H and O–H groups in total. The van der Waals surface area contributed by atoms with Crippen molar-refractivity contribution >= 4 is 0 Å². The fourth-order valence-corrected chi connectivity index (χ4v) is 1.02. The Morgan fingerprint density at radius 1 is 1.38 bits per heavy atom. The number of aromatic nitrogens is 2. The minimum Gasteiger partial charge on any atom is -0.382 e. The van der Waals surface area contributed by atoms with E-state index in [0.717, 1.165) is 25.3 Å². The maximum Gasteiger partial charge on any atom is 0.106 e. The molecule has 0 fully saturated rings. The van der Waals surface area contributed by atoms with E-state index in [-0.39, 0.29) is 0 Å². The molecule has 0 aliphatic rings. The number of methoxy groups -OCH3 is 1. The van der Waals surface area contributed by atoms with Gasteiger partial charge in [0.2, 0.25) is 0 Å². The van der Waals surface area contributed by atoms with Gasteiger partial charge in [0.15, 0.2) is 0 Å². The molecule has 0 saturated heterocycles. The molecule has 4 nitrogen and oxygen atoms in total. The van der Waals surface area contributed by atoms with Gasteiger partial charge in [0.1, 0.15) is 5.82 Å². The van der Waals surface area contributed by atoms with E-state index in [2.05, 4.69) is 9.97 Å². The second-order valence-corrected chi connectivity index (χ2v) is 2.74. The topological polar surface area (TPSA) is 47.1 Å². The second kappa shape index (κ2) is 6.62. The molecular weight excluding hydrogens is 168 g/mol. The molecule has 0 aromatic carbocycles. The van der Waals surface area contributed by atoms with Crippen molar-refractivity contribution < 1.29 is 9.47 Å². The zero-order chi connectivity index (χ0) is 9.36. The van der Waals surface area contributed by atoms with Gasteiger partial charge < -0.3 is 14.5 Å². The van der Waals surface area contributed by atoms with Crippen molar-refractivity contribution in [3.05, 3.63) is 18.2 Å². The summed E-state index contributed by atoms with van der Waals surface area (Å²) in [6.07, 6.45) is 5.54. The van der Waals surface area contributed by atoms with Gasteiger partial charge in [-0.05, 0) is 6.42 Å². The van der Waals surface area contributed by atoms with Gasteiger partial charge in [0, 0.05) is 32.5 Å². The Kier molecular flexibility index (Phi) is 5.20. The predicted octanol–water partition coefficient (Wildman–Crippen LogP) is 1.01. The number of ether oxygens (including phenoxy) is 2. The number of rotatable bonds is 7. The quantitative estimate of drug-likeness (QED) is 0.643. The van der Waals surface area contributed by atoms with Gasteiger partial charge in [-0.1, -0.05) is 0 Å². The van der Waals surface area contributed by atoms with Gasteiger partial charge in [0.25, 0.3) is 0 Å². The first-order chi connectivity index (χ1) is 6.43. The van der Waals surface area contributed by atoms with E-state index in [9.17, 15) is 0 Å². The molecule has 0 amide bonds. The van der Waals surface area contributed by atoms with Gasteiger partial charge in [0.05, 0.1) is 13.2 Å². The summed E-state index contributed by atoms with van der Waals surface area (Å²) < 4.78 is 10.2. The summed E-state index contributed by atoms with van der Waals surface area (Å²) in [7, 11) is 1.67. The number of hydrogen-bond acceptors (Lipinski definition) is 3. The third kappa shape index (κ3) is 4.65. The molecule has 1 aromatic heterocycles. The van der Waals surface area contributed by atoms with Crippen LogP contribution >= 0.6 is 0 Å². The molecule has 1 rings (SSSR count). The third-order valence-corrected chi connectivity index (χ3v) is 1.69. The predicted molar refractivity (Wildman–Crippen MR) is 49.6 cm³/mol. The highest BCUT2D eigenvalue weighted by Crippen LogP contribution is 1.94. The van der Waals surface area contributed by atoms with Gasteiger partial charge >= 0.3 is 0 Å². The summed E-state index contributed by atoms with van der Waals surface area (Å²) >= 11 is 0. The smallest absolute Gasteiger partial charge is 0.106 e. The van der Waals surface area contributed by atoms with E-state index in [1.807, 2.05) is 6.20 Å². The van der Waals surface area contributed by atoms with Crippen LogP contribution < -0.4 is 0 Å². The Bertz CT molecular complexity index is 199. The Morgan fingerprint density at radius 2 is 2.31 bits per heavy atom. The number of aryl methyl sites for hydroxylation is 1. The average Bonchev–Trinajstić information content (AvgIpc) is 2.63. The van der Waals surface area contributed by atoms with E-state index in [0.29, 0.717) is 13.2 Å². The van der Waals surface area contributed by atoms with Crippen molar-refractivity contribution in [3.8, 4) is 0 Å². The molecule has 1 heterocycles. The highest BCUT2D eigenvalue weighted by molar-refractivity contribution is 4.86. The van der Waals surface area contributed by atoms with Crippen molar-refractivity contribution in [1.29, 1.82) is 0 Å². The molecule has 1 aromatic rings. The lowest BCUT2D eigenvalue weighted by atomic mass is 10.3. The lowest BCUT2D eigenvalue weighted by molar-refractivity contribution is 0.0694. The van der Waals surface area contributed by atoms with Crippen LogP contribution in [0, 0.1) is 0 Å². The standard InChI is InChI=1S/C9H16N2O2/c1-12-7-8-13-6-2-3-9-10-4-5-11-9/h4-5H,2-3,6-8H2,1H3,(H,10,11). The Balaban J connectivity index is 1.90. The maximum absolute atomic E-state index is 5.31. The Labute approximate surface area is 78.3 Å².